The Kier molecular flexibility index (Phi) is 21.5. The molecule has 1 saturated heterocycles. The molecule has 1 aromatic heterocycles. The van der Waals surface area contributed by atoms with Crippen molar-refractivity contribution in [2.45, 2.75) is 107 Å². The fourth-order valence-electron chi connectivity index (χ4n) is 8.11. The molecule has 1 fully saturated rings. The molecule has 0 radical (unpaired) electrons. The lowest BCUT2D eigenvalue weighted by atomic mass is 10.00. The van der Waals surface area contributed by atoms with Gasteiger partial charge in [0.15, 0.2) is 0 Å². The van der Waals surface area contributed by atoms with Crippen molar-refractivity contribution in [3.05, 3.63) is 102 Å². The summed E-state index contributed by atoms with van der Waals surface area (Å²) in [5.74, 6) is -9.27. The highest BCUT2D eigenvalue weighted by atomic mass is 32.1. The Bertz CT molecular complexity index is 2580. The summed E-state index contributed by atoms with van der Waals surface area (Å²) in [7, 11) is 0. The van der Waals surface area contributed by atoms with Crippen molar-refractivity contribution < 1.29 is 48.3 Å². The molecule has 73 heavy (non-hydrogen) atoms. The number of carbonyl (C=O) groups excluding carboxylic acids is 9. The van der Waals surface area contributed by atoms with Gasteiger partial charge in [-0.1, -0.05) is 74.5 Å². The molecule has 0 unspecified atom stereocenters. The quantitative estimate of drug-likeness (QED) is 0.0522. The van der Waals surface area contributed by atoms with Gasteiger partial charge < -0.3 is 64.1 Å². The highest BCUT2D eigenvalue weighted by molar-refractivity contribution is 7.80. The SMILES string of the molecule is CC(C)[C@@H]1NC(=O)[C@H](CS)NC(=O)[C@H](Cc2ccc(O)cc2)NC(=O)[C@H](CCCCN)NC(=O)[C@H](Cc2c[nH]c3ccccc23)NC(=O)[C@H](Cc2ccccc2)NC(=O)[C@H](CS)NC(=O)[C@H](CC(N)=O)NC1=O. The minimum atomic E-state index is -1.67. The molecule has 1 aliphatic rings. The zero-order chi connectivity index (χ0) is 53.2. The van der Waals surface area contributed by atoms with Gasteiger partial charge in [0.05, 0.1) is 6.42 Å². The second-order valence-electron chi connectivity index (χ2n) is 18.1. The monoisotopic (exact) mass is 1040 g/mol. The normalized spacial score (nSPS) is 23.4. The maximum Gasteiger partial charge on any atom is 0.244 e. The number of aromatic hydroxyl groups is 1. The van der Waals surface area contributed by atoms with E-state index >= 15 is 0 Å². The molecule has 5 rings (SSSR count). The van der Waals surface area contributed by atoms with Gasteiger partial charge in [0.25, 0.3) is 0 Å². The predicted molar refractivity (Wildman–Crippen MR) is 279 cm³/mol. The first kappa shape index (κ1) is 56.8. The Balaban J connectivity index is 1.61. The Morgan fingerprint density at radius 2 is 1.00 bits per heavy atom. The topological polar surface area (TPSA) is 338 Å². The van der Waals surface area contributed by atoms with Crippen LogP contribution >= 0.6 is 25.3 Å². The number of amides is 9. The standard InChI is InChI=1S/C50H65N11O10S2/c1-27(2)42-50(71)58-38(23-41(52)63)47(68)59-39(25-72)48(69)56-35(20-28-10-4-3-5-11-28)44(65)57-37(22-30-24-53-33-13-7-6-12-32(30)33)46(67)54-34(14-8-9-19-51)43(64)55-36(21-29-15-17-31(62)18-16-29)45(66)60-40(26-73)49(70)61-42/h3-7,10-13,15-18,24,27,34-40,42,53,62,72-73H,8-9,14,19-23,25-26,51H2,1-2H3,(H2,52,63)(H,54,67)(H,55,64)(H,56,69)(H,57,65)(H,58,71)(H,59,68)(H,60,66)(H,61,70)/t34-,35-,36-,37-,38-,39-,40-,42-/m0/s1. The summed E-state index contributed by atoms with van der Waals surface area (Å²) >= 11 is 8.60. The molecule has 23 heteroatoms. The van der Waals surface area contributed by atoms with E-state index in [1.54, 1.807) is 56.4 Å². The minimum absolute atomic E-state index is 0.0419. The number of aromatic amines is 1. The molecule has 3 aromatic carbocycles. The van der Waals surface area contributed by atoms with Crippen LogP contribution in [0.3, 0.4) is 0 Å². The van der Waals surface area contributed by atoms with E-state index in [-0.39, 0.29) is 49.5 Å². The first-order chi connectivity index (χ1) is 34.9. The molecule has 392 valence electrons. The van der Waals surface area contributed by atoms with Gasteiger partial charge in [-0.05, 0) is 66.6 Å². The molecule has 14 N–H and O–H groups in total. The van der Waals surface area contributed by atoms with Crippen LogP contribution < -0.4 is 54.0 Å². The highest BCUT2D eigenvalue weighted by Gasteiger charge is 2.37. The zero-order valence-electron chi connectivity index (χ0n) is 40.5. The zero-order valence-corrected chi connectivity index (χ0v) is 42.3. The van der Waals surface area contributed by atoms with Crippen LogP contribution in [-0.4, -0.2) is 130 Å². The van der Waals surface area contributed by atoms with Crippen molar-refractivity contribution in [2.75, 3.05) is 18.1 Å². The third-order valence-electron chi connectivity index (χ3n) is 12.2. The fourth-order valence-corrected chi connectivity index (χ4v) is 8.62. The lowest BCUT2D eigenvalue weighted by molar-refractivity contribution is -0.137. The molecule has 21 nitrogen and oxygen atoms in total. The van der Waals surface area contributed by atoms with E-state index < -0.39 is 114 Å². The number of H-pyrrole nitrogens is 1. The van der Waals surface area contributed by atoms with Crippen LogP contribution in [0, 0.1) is 5.92 Å². The van der Waals surface area contributed by atoms with Crippen molar-refractivity contribution in [3.8, 4) is 5.75 Å². The maximum atomic E-state index is 14.8. The van der Waals surface area contributed by atoms with Crippen molar-refractivity contribution >= 4 is 89.3 Å². The Hall–Kier alpha value is -7.11. The molecule has 8 atom stereocenters. The summed E-state index contributed by atoms with van der Waals surface area (Å²) in [6.45, 7) is 3.45. The van der Waals surface area contributed by atoms with Crippen LogP contribution in [0.25, 0.3) is 10.9 Å². The van der Waals surface area contributed by atoms with Gasteiger partial charge in [0, 0.05) is 47.9 Å². The average molecular weight is 1040 g/mol. The third kappa shape index (κ3) is 16.7. The number of hydrogen-bond donors (Lipinski definition) is 14. The van der Waals surface area contributed by atoms with E-state index in [9.17, 15) is 48.3 Å². The van der Waals surface area contributed by atoms with Crippen LogP contribution in [0.1, 0.15) is 56.2 Å². The van der Waals surface area contributed by atoms with Crippen LogP contribution in [0.2, 0.25) is 0 Å². The first-order valence-corrected chi connectivity index (χ1v) is 25.2. The molecule has 4 aromatic rings. The van der Waals surface area contributed by atoms with Crippen LogP contribution in [-0.2, 0) is 62.4 Å². The number of para-hydroxylation sites is 1. The molecule has 2 heterocycles. The molecular formula is C50H65N11O10S2. The Morgan fingerprint density at radius 3 is 1.55 bits per heavy atom. The van der Waals surface area contributed by atoms with E-state index in [0.717, 1.165) is 10.9 Å². The molecular weight excluding hydrogens is 979 g/mol. The Labute approximate surface area is 433 Å². The number of hydrogen-bond acceptors (Lipinski definition) is 13. The number of phenols is 1. The lowest BCUT2D eigenvalue weighted by Gasteiger charge is -2.29. The number of unbranched alkanes of at least 4 members (excludes halogenated alkanes) is 1. The van der Waals surface area contributed by atoms with Crippen molar-refractivity contribution in [1.29, 1.82) is 0 Å². The predicted octanol–water partition coefficient (Wildman–Crippen LogP) is -0.687. The van der Waals surface area contributed by atoms with Gasteiger partial charge in [-0.25, -0.2) is 0 Å². The minimum Gasteiger partial charge on any atom is -0.508 e. The van der Waals surface area contributed by atoms with Gasteiger partial charge >= 0.3 is 0 Å². The summed E-state index contributed by atoms with van der Waals surface area (Å²) in [4.78, 5) is 130. The van der Waals surface area contributed by atoms with Crippen molar-refractivity contribution in [2.24, 2.45) is 17.4 Å². The molecule has 1 aliphatic heterocycles. The number of phenolic OH excluding ortho intramolecular Hbond substituents is 1. The second kappa shape index (κ2) is 27.6. The van der Waals surface area contributed by atoms with E-state index in [4.69, 9.17) is 11.5 Å². The number of carbonyl (C=O) groups is 9. The highest BCUT2D eigenvalue weighted by Crippen LogP contribution is 2.20. The van der Waals surface area contributed by atoms with Gasteiger partial charge in [0.1, 0.15) is 54.1 Å². The van der Waals surface area contributed by atoms with Gasteiger partial charge in [0.2, 0.25) is 53.2 Å². The molecule has 0 bridgehead atoms. The first-order valence-electron chi connectivity index (χ1n) is 23.9. The van der Waals surface area contributed by atoms with Crippen LogP contribution in [0.15, 0.2) is 85.1 Å². The number of rotatable bonds is 15. The van der Waals surface area contributed by atoms with E-state index in [2.05, 4.69) is 72.8 Å². The summed E-state index contributed by atoms with van der Waals surface area (Å²) in [6.07, 6.45) is 1.45. The molecule has 0 aliphatic carbocycles. The largest absolute Gasteiger partial charge is 0.508 e. The van der Waals surface area contributed by atoms with Crippen molar-refractivity contribution in [1.82, 2.24) is 47.5 Å². The third-order valence-corrected chi connectivity index (χ3v) is 12.9. The number of primary amides is 1. The number of thiol groups is 2. The molecule has 0 saturated carbocycles. The van der Waals surface area contributed by atoms with Gasteiger partial charge in [-0.2, -0.15) is 25.3 Å². The number of fused-ring (bicyclic) bond motifs is 1. The second-order valence-corrected chi connectivity index (χ2v) is 18.8. The number of nitrogens with two attached hydrogens (primary N) is 2. The maximum absolute atomic E-state index is 14.8. The average Bonchev–Trinajstić information content (AvgIpc) is 3.77. The van der Waals surface area contributed by atoms with E-state index in [1.807, 2.05) is 18.2 Å². The molecule has 9 amide bonds. The van der Waals surface area contributed by atoms with Gasteiger partial charge in [-0.3, -0.25) is 43.2 Å². The summed E-state index contributed by atoms with van der Waals surface area (Å²) in [5, 5.41) is 31.9. The smallest absolute Gasteiger partial charge is 0.244 e. The lowest BCUT2D eigenvalue weighted by Crippen LogP contribution is -2.63. The number of aromatic nitrogens is 1. The van der Waals surface area contributed by atoms with Crippen LogP contribution in [0.5, 0.6) is 5.75 Å². The van der Waals surface area contributed by atoms with Crippen molar-refractivity contribution in [3.63, 3.8) is 0 Å². The van der Waals surface area contributed by atoms with E-state index in [1.165, 1.54) is 24.3 Å². The number of benzene rings is 3. The Morgan fingerprint density at radius 1 is 0.548 bits per heavy atom. The summed E-state index contributed by atoms with van der Waals surface area (Å²) in [6, 6.07) is 10.4. The van der Waals surface area contributed by atoms with Gasteiger partial charge in [-0.15, -0.1) is 0 Å². The summed E-state index contributed by atoms with van der Waals surface area (Å²) in [5.41, 5.74) is 13.8. The number of nitrogens with one attached hydrogen (secondary N) is 9. The fraction of sp³-hybridized carbons (Fsp3) is 0.420. The summed E-state index contributed by atoms with van der Waals surface area (Å²) < 4.78 is 0. The van der Waals surface area contributed by atoms with Crippen LogP contribution in [0.4, 0.5) is 0 Å². The molecule has 0 spiro atoms. The van der Waals surface area contributed by atoms with E-state index in [0.29, 0.717) is 29.5 Å².